The summed E-state index contributed by atoms with van der Waals surface area (Å²) in [6.07, 6.45) is 1.34. The summed E-state index contributed by atoms with van der Waals surface area (Å²) in [6, 6.07) is 7.32. The minimum absolute atomic E-state index is 0.143. The zero-order valence-electron chi connectivity index (χ0n) is 16.7. The van der Waals surface area contributed by atoms with Crippen LogP contribution in [-0.4, -0.2) is 49.0 Å². The Kier molecular flexibility index (Phi) is 5.35. The lowest BCUT2D eigenvalue weighted by atomic mass is 10.2. The van der Waals surface area contributed by atoms with Gasteiger partial charge in [0, 0.05) is 26.8 Å². The molecule has 0 saturated heterocycles. The molecule has 0 aliphatic rings. The molecule has 0 radical (unpaired) electrons. The molecule has 2 amide bonds. The highest BCUT2D eigenvalue weighted by Gasteiger charge is 2.18. The fourth-order valence-electron chi connectivity index (χ4n) is 2.92. The standard InChI is InChI=1S/C19H22N6O4/c1-12-5-7-13(8-6-12)21-14(26)9-22(2)15(27)10-25-11-20-17-16(25)18(28)24(4)19(29)23(17)3/h5-8,11H,9-10H2,1-4H3,(H,21,26). The fourth-order valence-corrected chi connectivity index (χ4v) is 2.92. The summed E-state index contributed by atoms with van der Waals surface area (Å²) in [4.78, 5) is 54.5. The van der Waals surface area contributed by atoms with Crippen molar-refractivity contribution in [3.05, 3.63) is 57.0 Å². The number of aryl methyl sites for hydroxylation is 2. The van der Waals surface area contributed by atoms with Gasteiger partial charge in [0.15, 0.2) is 11.2 Å². The average Bonchev–Trinajstić information content (AvgIpc) is 3.10. The van der Waals surface area contributed by atoms with Gasteiger partial charge in [0.1, 0.15) is 6.54 Å². The number of rotatable bonds is 5. The third-order valence-corrected chi connectivity index (χ3v) is 4.66. The number of carbonyl (C=O) groups excluding carboxylic acids is 2. The first-order valence-electron chi connectivity index (χ1n) is 8.90. The average molecular weight is 398 g/mol. The molecule has 0 spiro atoms. The van der Waals surface area contributed by atoms with Crippen molar-refractivity contribution >= 4 is 28.7 Å². The number of hydrogen-bond acceptors (Lipinski definition) is 5. The van der Waals surface area contributed by atoms with Crippen LogP contribution in [0.1, 0.15) is 5.56 Å². The summed E-state index contributed by atoms with van der Waals surface area (Å²) >= 11 is 0. The minimum atomic E-state index is -0.534. The molecule has 0 atom stereocenters. The number of likely N-dealkylation sites (N-methyl/N-ethyl adjacent to an activating group) is 1. The predicted molar refractivity (Wildman–Crippen MR) is 108 cm³/mol. The molecule has 0 bridgehead atoms. The second kappa shape index (κ2) is 7.74. The van der Waals surface area contributed by atoms with Gasteiger partial charge in [0.05, 0.1) is 12.9 Å². The number of anilines is 1. The van der Waals surface area contributed by atoms with Crippen LogP contribution in [0.3, 0.4) is 0 Å². The van der Waals surface area contributed by atoms with Crippen LogP contribution in [0.5, 0.6) is 0 Å². The Morgan fingerprint density at radius 3 is 2.41 bits per heavy atom. The monoisotopic (exact) mass is 398 g/mol. The summed E-state index contributed by atoms with van der Waals surface area (Å²) < 4.78 is 3.59. The molecule has 10 heteroatoms. The van der Waals surface area contributed by atoms with E-state index < -0.39 is 11.2 Å². The first-order chi connectivity index (χ1) is 13.7. The maximum atomic E-state index is 12.6. The van der Waals surface area contributed by atoms with Crippen LogP contribution in [0, 0.1) is 6.92 Å². The van der Waals surface area contributed by atoms with Gasteiger partial charge in [-0.3, -0.25) is 23.5 Å². The van der Waals surface area contributed by atoms with Crippen molar-refractivity contribution in [2.24, 2.45) is 14.1 Å². The van der Waals surface area contributed by atoms with Crippen LogP contribution in [0.25, 0.3) is 11.2 Å². The molecule has 2 heterocycles. The normalized spacial score (nSPS) is 10.9. The molecule has 1 N–H and O–H groups in total. The van der Waals surface area contributed by atoms with Gasteiger partial charge in [-0.25, -0.2) is 9.78 Å². The summed E-state index contributed by atoms with van der Waals surface area (Å²) in [7, 11) is 4.37. The smallest absolute Gasteiger partial charge is 0.332 e. The number of hydrogen-bond donors (Lipinski definition) is 1. The van der Waals surface area contributed by atoms with Gasteiger partial charge < -0.3 is 14.8 Å². The van der Waals surface area contributed by atoms with Gasteiger partial charge in [-0.1, -0.05) is 17.7 Å². The molecule has 1 aromatic carbocycles. The van der Waals surface area contributed by atoms with Crippen molar-refractivity contribution in [1.29, 1.82) is 0 Å². The van der Waals surface area contributed by atoms with Crippen molar-refractivity contribution < 1.29 is 9.59 Å². The summed E-state index contributed by atoms with van der Waals surface area (Å²) in [5.74, 6) is -0.710. The molecule has 3 aromatic rings. The Morgan fingerprint density at radius 1 is 1.10 bits per heavy atom. The van der Waals surface area contributed by atoms with E-state index in [1.54, 1.807) is 12.1 Å². The maximum absolute atomic E-state index is 12.6. The molecular formula is C19H22N6O4. The number of amides is 2. The Hall–Kier alpha value is -3.69. The molecule has 152 valence electrons. The van der Waals surface area contributed by atoms with E-state index in [1.165, 1.54) is 41.5 Å². The number of nitrogens with one attached hydrogen (secondary N) is 1. The largest absolute Gasteiger partial charge is 0.335 e. The highest BCUT2D eigenvalue weighted by molar-refractivity contribution is 5.94. The van der Waals surface area contributed by atoms with Crippen LogP contribution in [0.2, 0.25) is 0 Å². The van der Waals surface area contributed by atoms with Gasteiger partial charge in [0.25, 0.3) is 5.56 Å². The maximum Gasteiger partial charge on any atom is 0.332 e. The second-order valence-electron chi connectivity index (χ2n) is 6.91. The molecule has 10 nitrogen and oxygen atoms in total. The molecule has 3 rings (SSSR count). The van der Waals surface area contributed by atoms with E-state index in [0.717, 1.165) is 10.1 Å². The number of aromatic nitrogens is 4. The Balaban J connectivity index is 1.73. The van der Waals surface area contributed by atoms with E-state index >= 15 is 0 Å². The molecule has 29 heavy (non-hydrogen) atoms. The first-order valence-corrected chi connectivity index (χ1v) is 8.90. The number of benzene rings is 1. The van der Waals surface area contributed by atoms with Gasteiger partial charge in [-0.05, 0) is 19.1 Å². The number of fused-ring (bicyclic) bond motifs is 1. The Labute approximate surface area is 166 Å². The molecule has 0 aliphatic heterocycles. The number of carbonyl (C=O) groups is 2. The van der Waals surface area contributed by atoms with E-state index in [9.17, 15) is 19.2 Å². The molecule has 0 fully saturated rings. The van der Waals surface area contributed by atoms with E-state index in [1.807, 2.05) is 19.1 Å². The highest BCUT2D eigenvalue weighted by Crippen LogP contribution is 2.09. The minimum Gasteiger partial charge on any atom is -0.335 e. The van der Waals surface area contributed by atoms with Crippen molar-refractivity contribution in [3.8, 4) is 0 Å². The second-order valence-corrected chi connectivity index (χ2v) is 6.91. The Bertz CT molecular complexity index is 1200. The third kappa shape index (κ3) is 3.96. The molecule has 2 aromatic heterocycles. The number of nitrogens with zero attached hydrogens (tertiary/aromatic N) is 5. The lowest BCUT2D eigenvalue weighted by Crippen LogP contribution is -2.39. The van der Waals surface area contributed by atoms with Crippen molar-refractivity contribution in [2.45, 2.75) is 13.5 Å². The van der Waals surface area contributed by atoms with Crippen LogP contribution in [0.4, 0.5) is 5.69 Å². The SMILES string of the molecule is Cc1ccc(NC(=O)CN(C)C(=O)Cn2cnc3c2c(=O)n(C)c(=O)n3C)cc1. The van der Waals surface area contributed by atoms with Crippen LogP contribution >= 0.6 is 0 Å². The molecule has 0 aliphatic carbocycles. The first kappa shape index (κ1) is 20.1. The quantitative estimate of drug-likeness (QED) is 0.642. The van der Waals surface area contributed by atoms with Gasteiger partial charge in [0.2, 0.25) is 11.8 Å². The highest BCUT2D eigenvalue weighted by atomic mass is 16.2. The van der Waals surface area contributed by atoms with Crippen LogP contribution in [-0.2, 0) is 30.2 Å². The van der Waals surface area contributed by atoms with Crippen LogP contribution < -0.4 is 16.6 Å². The van der Waals surface area contributed by atoms with Crippen molar-refractivity contribution in [1.82, 2.24) is 23.6 Å². The van der Waals surface area contributed by atoms with E-state index in [4.69, 9.17) is 0 Å². The molecule has 0 saturated carbocycles. The summed E-state index contributed by atoms with van der Waals surface area (Å²) in [5, 5.41) is 2.73. The van der Waals surface area contributed by atoms with Gasteiger partial charge in [-0.15, -0.1) is 0 Å². The van der Waals surface area contributed by atoms with E-state index in [2.05, 4.69) is 10.3 Å². The van der Waals surface area contributed by atoms with Crippen LogP contribution in [0.15, 0.2) is 40.2 Å². The lowest BCUT2D eigenvalue weighted by Gasteiger charge is -2.17. The fraction of sp³-hybridized carbons (Fsp3) is 0.316. The third-order valence-electron chi connectivity index (χ3n) is 4.66. The van der Waals surface area contributed by atoms with Gasteiger partial charge in [-0.2, -0.15) is 0 Å². The zero-order valence-corrected chi connectivity index (χ0v) is 16.7. The zero-order chi connectivity index (χ0) is 21.3. The van der Waals surface area contributed by atoms with Gasteiger partial charge >= 0.3 is 5.69 Å². The lowest BCUT2D eigenvalue weighted by molar-refractivity contribution is -0.133. The summed E-state index contributed by atoms with van der Waals surface area (Å²) in [5.41, 5.74) is 1.04. The van der Waals surface area contributed by atoms with E-state index in [0.29, 0.717) is 5.69 Å². The predicted octanol–water partition coefficient (Wildman–Crippen LogP) is -0.161. The summed E-state index contributed by atoms with van der Waals surface area (Å²) in [6.45, 7) is 1.62. The van der Waals surface area contributed by atoms with E-state index in [-0.39, 0.29) is 36.1 Å². The molecular weight excluding hydrogens is 376 g/mol. The van der Waals surface area contributed by atoms with Crippen molar-refractivity contribution in [2.75, 3.05) is 18.9 Å². The topological polar surface area (TPSA) is 111 Å². The molecule has 0 unspecified atom stereocenters. The Morgan fingerprint density at radius 2 is 1.76 bits per heavy atom. The number of imidazole rings is 1. The van der Waals surface area contributed by atoms with Crippen molar-refractivity contribution in [3.63, 3.8) is 0 Å².